The molecule has 0 fully saturated rings. The quantitative estimate of drug-likeness (QED) is 0.866. The number of nitrogens with zero attached hydrogens (tertiary/aromatic N) is 1. The lowest BCUT2D eigenvalue weighted by Crippen LogP contribution is -2.39. The van der Waals surface area contributed by atoms with E-state index in [9.17, 15) is 4.39 Å². The van der Waals surface area contributed by atoms with Crippen molar-refractivity contribution in [2.24, 2.45) is 5.73 Å². The zero-order chi connectivity index (χ0) is 13.7. The lowest BCUT2D eigenvalue weighted by molar-refractivity contribution is 0.0900. The smallest absolute Gasteiger partial charge is 0.129 e. The first kappa shape index (κ1) is 15.4. The van der Waals surface area contributed by atoms with Crippen LogP contribution in [0.1, 0.15) is 18.5 Å². The fraction of sp³-hybridized carbons (Fsp3) is 0.538. The van der Waals surface area contributed by atoms with Gasteiger partial charge in [0.25, 0.3) is 0 Å². The van der Waals surface area contributed by atoms with Crippen LogP contribution in [0, 0.1) is 5.82 Å². The van der Waals surface area contributed by atoms with Gasteiger partial charge in [0, 0.05) is 36.3 Å². The predicted octanol–water partition coefficient (Wildman–Crippen LogP) is 2.45. The standard InChI is InChI=1S/C13H20ClFN2O/c1-9(8-18-3)17(2)13(7-16)11-5-4-10(14)6-12(11)15/h4-6,9,13H,7-8,16H2,1-3H3. The van der Waals surface area contributed by atoms with Crippen LogP contribution in [0.25, 0.3) is 0 Å². The van der Waals surface area contributed by atoms with E-state index in [1.807, 2.05) is 18.9 Å². The monoisotopic (exact) mass is 274 g/mol. The van der Waals surface area contributed by atoms with Crippen molar-refractivity contribution in [1.82, 2.24) is 4.90 Å². The second-order valence-electron chi connectivity index (χ2n) is 4.39. The van der Waals surface area contributed by atoms with Gasteiger partial charge in [-0.2, -0.15) is 0 Å². The molecule has 102 valence electrons. The van der Waals surface area contributed by atoms with Crippen LogP contribution in [0.5, 0.6) is 0 Å². The van der Waals surface area contributed by atoms with E-state index in [4.69, 9.17) is 22.1 Å². The molecule has 0 bridgehead atoms. The minimum atomic E-state index is -0.325. The number of halogens is 2. The maximum atomic E-state index is 13.9. The lowest BCUT2D eigenvalue weighted by Gasteiger charge is -2.32. The Morgan fingerprint density at radius 3 is 2.67 bits per heavy atom. The van der Waals surface area contributed by atoms with E-state index in [0.717, 1.165) is 0 Å². The first-order valence-corrected chi connectivity index (χ1v) is 6.25. The van der Waals surface area contributed by atoms with Gasteiger partial charge in [0.1, 0.15) is 5.82 Å². The number of nitrogens with two attached hydrogens (primary N) is 1. The van der Waals surface area contributed by atoms with Gasteiger partial charge in [-0.05, 0) is 26.1 Å². The molecule has 0 saturated heterocycles. The van der Waals surface area contributed by atoms with Crippen LogP contribution in [0.4, 0.5) is 4.39 Å². The predicted molar refractivity (Wildman–Crippen MR) is 72.3 cm³/mol. The Labute approximate surface area is 113 Å². The first-order chi connectivity index (χ1) is 8.51. The molecule has 0 spiro atoms. The van der Waals surface area contributed by atoms with Gasteiger partial charge in [-0.1, -0.05) is 17.7 Å². The Kier molecular flexibility index (Phi) is 6.02. The van der Waals surface area contributed by atoms with E-state index in [-0.39, 0.29) is 17.9 Å². The average molecular weight is 275 g/mol. The largest absolute Gasteiger partial charge is 0.383 e. The van der Waals surface area contributed by atoms with Crippen molar-refractivity contribution in [2.45, 2.75) is 19.0 Å². The Morgan fingerprint density at radius 1 is 1.50 bits per heavy atom. The molecule has 0 aliphatic carbocycles. The zero-order valence-corrected chi connectivity index (χ0v) is 11.7. The fourth-order valence-corrected chi connectivity index (χ4v) is 2.11. The summed E-state index contributed by atoms with van der Waals surface area (Å²) >= 11 is 5.75. The molecule has 1 aromatic rings. The highest BCUT2D eigenvalue weighted by atomic mass is 35.5. The highest BCUT2D eigenvalue weighted by Gasteiger charge is 2.22. The number of likely N-dealkylation sites (N-methyl/N-ethyl adjacent to an activating group) is 1. The number of methoxy groups -OCH3 is 1. The molecule has 1 aromatic carbocycles. The van der Waals surface area contributed by atoms with Gasteiger partial charge in [0.2, 0.25) is 0 Å². The molecule has 0 aliphatic heterocycles. The molecule has 1 rings (SSSR count). The number of hydrogen-bond acceptors (Lipinski definition) is 3. The Bertz CT molecular complexity index is 389. The molecular formula is C13H20ClFN2O. The van der Waals surface area contributed by atoms with Gasteiger partial charge in [-0.25, -0.2) is 4.39 Å². The topological polar surface area (TPSA) is 38.5 Å². The third kappa shape index (κ3) is 3.65. The molecular weight excluding hydrogens is 255 g/mol. The minimum Gasteiger partial charge on any atom is -0.383 e. The normalized spacial score (nSPS) is 14.8. The summed E-state index contributed by atoms with van der Waals surface area (Å²) < 4.78 is 19.0. The lowest BCUT2D eigenvalue weighted by atomic mass is 10.0. The van der Waals surface area contributed by atoms with Crippen molar-refractivity contribution >= 4 is 11.6 Å². The van der Waals surface area contributed by atoms with Crippen LogP contribution in [0.2, 0.25) is 5.02 Å². The van der Waals surface area contributed by atoms with Gasteiger partial charge in [0.15, 0.2) is 0 Å². The molecule has 18 heavy (non-hydrogen) atoms. The zero-order valence-electron chi connectivity index (χ0n) is 11.0. The van der Waals surface area contributed by atoms with Crippen molar-refractivity contribution in [3.8, 4) is 0 Å². The van der Waals surface area contributed by atoms with Crippen molar-refractivity contribution < 1.29 is 9.13 Å². The molecule has 0 aromatic heterocycles. The van der Waals surface area contributed by atoms with Gasteiger partial charge in [-0.3, -0.25) is 4.90 Å². The second-order valence-corrected chi connectivity index (χ2v) is 4.82. The van der Waals surface area contributed by atoms with E-state index in [2.05, 4.69) is 0 Å². The van der Waals surface area contributed by atoms with Crippen molar-refractivity contribution in [2.75, 3.05) is 27.3 Å². The van der Waals surface area contributed by atoms with Gasteiger partial charge in [0.05, 0.1) is 6.61 Å². The minimum absolute atomic E-state index is 0.152. The molecule has 0 radical (unpaired) electrons. The highest BCUT2D eigenvalue weighted by molar-refractivity contribution is 6.30. The second kappa shape index (κ2) is 7.04. The van der Waals surface area contributed by atoms with E-state index in [0.29, 0.717) is 23.7 Å². The number of rotatable bonds is 6. The van der Waals surface area contributed by atoms with Crippen LogP contribution in [-0.4, -0.2) is 38.3 Å². The SMILES string of the molecule is COCC(C)N(C)C(CN)c1ccc(Cl)cc1F. The van der Waals surface area contributed by atoms with Crippen LogP contribution < -0.4 is 5.73 Å². The maximum absolute atomic E-state index is 13.9. The fourth-order valence-electron chi connectivity index (χ4n) is 1.95. The van der Waals surface area contributed by atoms with Gasteiger partial charge < -0.3 is 10.5 Å². The van der Waals surface area contributed by atoms with Crippen LogP contribution in [-0.2, 0) is 4.74 Å². The highest BCUT2D eigenvalue weighted by Crippen LogP contribution is 2.25. The van der Waals surface area contributed by atoms with Gasteiger partial charge >= 0.3 is 0 Å². The van der Waals surface area contributed by atoms with Crippen LogP contribution >= 0.6 is 11.6 Å². The summed E-state index contributed by atoms with van der Waals surface area (Å²) in [7, 11) is 3.56. The van der Waals surface area contributed by atoms with Crippen LogP contribution in [0.15, 0.2) is 18.2 Å². The number of benzene rings is 1. The summed E-state index contributed by atoms with van der Waals surface area (Å²) in [6.45, 7) is 2.92. The van der Waals surface area contributed by atoms with Crippen molar-refractivity contribution in [1.29, 1.82) is 0 Å². The Balaban J connectivity index is 2.94. The van der Waals surface area contributed by atoms with E-state index in [1.165, 1.54) is 6.07 Å². The summed E-state index contributed by atoms with van der Waals surface area (Å²) in [6.07, 6.45) is 0. The molecule has 0 aliphatic rings. The summed E-state index contributed by atoms with van der Waals surface area (Å²) in [5.74, 6) is -0.325. The third-order valence-corrected chi connectivity index (χ3v) is 3.37. The molecule has 0 saturated carbocycles. The molecule has 5 heteroatoms. The van der Waals surface area contributed by atoms with E-state index in [1.54, 1.807) is 19.2 Å². The summed E-state index contributed by atoms with van der Waals surface area (Å²) in [6, 6.07) is 4.64. The third-order valence-electron chi connectivity index (χ3n) is 3.14. The molecule has 2 unspecified atom stereocenters. The molecule has 2 N–H and O–H groups in total. The summed E-state index contributed by atoms with van der Waals surface area (Å²) in [5, 5.41) is 0.389. The summed E-state index contributed by atoms with van der Waals surface area (Å²) in [4.78, 5) is 2.01. The molecule has 3 nitrogen and oxygen atoms in total. The first-order valence-electron chi connectivity index (χ1n) is 5.87. The average Bonchev–Trinajstić information content (AvgIpc) is 2.32. The van der Waals surface area contributed by atoms with Crippen molar-refractivity contribution in [3.05, 3.63) is 34.6 Å². The Morgan fingerprint density at radius 2 is 2.17 bits per heavy atom. The van der Waals surface area contributed by atoms with Gasteiger partial charge in [-0.15, -0.1) is 0 Å². The molecule has 0 amide bonds. The van der Waals surface area contributed by atoms with Crippen molar-refractivity contribution in [3.63, 3.8) is 0 Å². The molecule has 2 atom stereocenters. The summed E-state index contributed by atoms with van der Waals surface area (Å²) in [5.41, 5.74) is 6.33. The van der Waals surface area contributed by atoms with E-state index >= 15 is 0 Å². The van der Waals surface area contributed by atoms with E-state index < -0.39 is 0 Å². The Hall–Kier alpha value is -0.680. The number of ether oxygens (including phenoxy) is 1. The molecule has 0 heterocycles. The maximum Gasteiger partial charge on any atom is 0.129 e. The van der Waals surface area contributed by atoms with Crippen LogP contribution in [0.3, 0.4) is 0 Å². The number of hydrogen-bond donors (Lipinski definition) is 1.